The molecule has 5 aliphatic rings. The zero-order chi connectivity index (χ0) is 22.2. The molecule has 0 aromatic rings. The fraction of sp³-hybridized carbons (Fsp3) is 0.875. The van der Waals surface area contributed by atoms with Crippen molar-refractivity contribution >= 4 is 17.9 Å². The van der Waals surface area contributed by atoms with Crippen molar-refractivity contribution < 1.29 is 19.1 Å². The van der Waals surface area contributed by atoms with Crippen LogP contribution in [-0.2, 0) is 14.3 Å². The minimum absolute atomic E-state index is 0.0524. The summed E-state index contributed by atoms with van der Waals surface area (Å²) in [5.41, 5.74) is -0.634. The highest BCUT2D eigenvalue weighted by Crippen LogP contribution is 2.60. The Morgan fingerprint density at radius 3 is 2.00 bits per heavy atom. The summed E-state index contributed by atoms with van der Waals surface area (Å²) in [6.07, 6.45) is 8.72. The number of carbonyl (C=O) groups excluding carboxylic acids is 3. The molecule has 0 radical (unpaired) electrons. The first-order valence-electron chi connectivity index (χ1n) is 12.1. The van der Waals surface area contributed by atoms with Gasteiger partial charge in [0.05, 0.1) is 12.0 Å². The average Bonchev–Trinajstić information content (AvgIpc) is 2.68. The summed E-state index contributed by atoms with van der Waals surface area (Å²) in [4.78, 5) is 39.3. The van der Waals surface area contributed by atoms with E-state index in [0.717, 1.165) is 62.9 Å². The number of nitrogens with zero attached hydrogens (tertiary/aromatic N) is 1. The predicted molar refractivity (Wildman–Crippen MR) is 117 cm³/mol. The van der Waals surface area contributed by atoms with E-state index >= 15 is 0 Å². The van der Waals surface area contributed by atoms with Gasteiger partial charge in [-0.25, -0.2) is 4.79 Å². The first kappa shape index (κ1) is 22.4. The molecule has 1 saturated heterocycles. The molecular formula is C24H39N3O4. The summed E-state index contributed by atoms with van der Waals surface area (Å²) in [6, 6.07) is 0. The quantitative estimate of drug-likeness (QED) is 0.697. The average molecular weight is 434 g/mol. The third kappa shape index (κ3) is 5.35. The topological polar surface area (TPSA) is 87.7 Å². The van der Waals surface area contributed by atoms with Gasteiger partial charge < -0.3 is 20.3 Å². The van der Waals surface area contributed by atoms with Crippen molar-refractivity contribution in [1.82, 2.24) is 15.5 Å². The Morgan fingerprint density at radius 2 is 1.48 bits per heavy atom. The molecule has 7 nitrogen and oxygen atoms in total. The highest BCUT2D eigenvalue weighted by Gasteiger charge is 2.55. The third-order valence-electron chi connectivity index (χ3n) is 7.77. The van der Waals surface area contributed by atoms with Crippen molar-refractivity contribution in [1.29, 1.82) is 0 Å². The molecule has 0 aromatic heterocycles. The Morgan fingerprint density at radius 1 is 0.935 bits per heavy atom. The molecule has 0 aromatic carbocycles. The molecule has 0 atom stereocenters. The SMILES string of the molecule is CC(C)(C)OC(=O)NCC(=O)NCC1CCN(C(=O)C23CC4CC(CC(C4)C2)C3)CC1. The maximum absolute atomic E-state index is 13.5. The molecule has 0 spiro atoms. The number of nitrogens with one attached hydrogen (secondary N) is 2. The van der Waals surface area contributed by atoms with E-state index in [1.54, 1.807) is 20.8 Å². The summed E-state index contributed by atoms with van der Waals surface area (Å²) in [5, 5.41) is 5.40. The molecule has 7 heteroatoms. The van der Waals surface area contributed by atoms with Crippen LogP contribution in [0.1, 0.15) is 72.1 Å². The van der Waals surface area contributed by atoms with Gasteiger partial charge in [0.15, 0.2) is 0 Å². The first-order chi connectivity index (χ1) is 14.6. The second-order valence-corrected chi connectivity index (χ2v) is 11.6. The van der Waals surface area contributed by atoms with E-state index in [0.29, 0.717) is 18.4 Å². The molecule has 5 rings (SSSR count). The number of rotatable bonds is 5. The van der Waals surface area contributed by atoms with E-state index in [9.17, 15) is 14.4 Å². The summed E-state index contributed by atoms with van der Waals surface area (Å²) in [5.74, 6) is 2.96. The molecule has 5 fully saturated rings. The molecule has 0 unspecified atom stereocenters. The van der Waals surface area contributed by atoms with Crippen molar-refractivity contribution in [3.63, 3.8) is 0 Å². The highest BCUT2D eigenvalue weighted by atomic mass is 16.6. The molecule has 4 saturated carbocycles. The van der Waals surface area contributed by atoms with E-state index in [4.69, 9.17) is 4.74 Å². The maximum Gasteiger partial charge on any atom is 0.408 e. The Hall–Kier alpha value is -1.79. The standard InChI is InChI=1S/C24H39N3O4/c1-23(2,3)31-22(30)26-15-20(28)25-14-16-4-6-27(7-5-16)21(29)24-11-17-8-18(12-24)10-19(9-17)13-24/h16-19H,4-15H2,1-3H3,(H,25,28)(H,26,30). The maximum atomic E-state index is 13.5. The lowest BCUT2D eigenvalue weighted by molar-refractivity contribution is -0.159. The van der Waals surface area contributed by atoms with Crippen LogP contribution in [0.5, 0.6) is 0 Å². The van der Waals surface area contributed by atoms with Crippen LogP contribution in [0.3, 0.4) is 0 Å². The fourth-order valence-electron chi connectivity index (χ4n) is 6.84. The van der Waals surface area contributed by atoms with Crippen LogP contribution in [-0.4, -0.2) is 54.6 Å². The van der Waals surface area contributed by atoms with E-state index in [1.165, 1.54) is 19.3 Å². The van der Waals surface area contributed by atoms with Gasteiger partial charge in [-0.3, -0.25) is 9.59 Å². The monoisotopic (exact) mass is 433 g/mol. The first-order valence-corrected chi connectivity index (χ1v) is 12.1. The number of hydrogen-bond donors (Lipinski definition) is 2. The van der Waals surface area contributed by atoms with Crippen LogP contribution in [0.2, 0.25) is 0 Å². The van der Waals surface area contributed by atoms with Crippen LogP contribution in [0.15, 0.2) is 0 Å². The van der Waals surface area contributed by atoms with Crippen LogP contribution in [0, 0.1) is 29.1 Å². The smallest absolute Gasteiger partial charge is 0.408 e. The van der Waals surface area contributed by atoms with Crippen LogP contribution in [0.4, 0.5) is 4.79 Å². The lowest BCUT2D eigenvalue weighted by Gasteiger charge is -2.57. The Labute approximate surface area is 186 Å². The molecule has 3 amide bonds. The number of carbonyl (C=O) groups is 3. The summed E-state index contributed by atoms with van der Waals surface area (Å²) < 4.78 is 5.14. The molecule has 174 valence electrons. The highest BCUT2D eigenvalue weighted by molar-refractivity contribution is 5.83. The number of amides is 3. The van der Waals surface area contributed by atoms with E-state index in [1.807, 2.05) is 0 Å². The van der Waals surface area contributed by atoms with Gasteiger partial charge in [0, 0.05) is 19.6 Å². The molecule has 4 bridgehead atoms. The van der Waals surface area contributed by atoms with Gasteiger partial charge in [-0.05, 0) is 95.8 Å². The number of likely N-dealkylation sites (tertiary alicyclic amines) is 1. The molecule has 1 heterocycles. The third-order valence-corrected chi connectivity index (χ3v) is 7.77. The van der Waals surface area contributed by atoms with Gasteiger partial charge in [-0.2, -0.15) is 0 Å². The molecule has 31 heavy (non-hydrogen) atoms. The predicted octanol–water partition coefficient (Wildman–Crippen LogP) is 3.08. The van der Waals surface area contributed by atoms with Crippen molar-refractivity contribution in [2.75, 3.05) is 26.2 Å². The van der Waals surface area contributed by atoms with E-state index in [-0.39, 0.29) is 17.9 Å². The molecular weight excluding hydrogens is 394 g/mol. The van der Waals surface area contributed by atoms with Gasteiger partial charge in [0.1, 0.15) is 5.60 Å². The zero-order valence-electron chi connectivity index (χ0n) is 19.4. The molecule has 2 N–H and O–H groups in total. The van der Waals surface area contributed by atoms with Crippen molar-refractivity contribution in [3.05, 3.63) is 0 Å². The minimum Gasteiger partial charge on any atom is -0.444 e. The van der Waals surface area contributed by atoms with E-state index in [2.05, 4.69) is 15.5 Å². The van der Waals surface area contributed by atoms with Crippen LogP contribution < -0.4 is 10.6 Å². The largest absolute Gasteiger partial charge is 0.444 e. The van der Waals surface area contributed by atoms with Crippen LogP contribution in [0.25, 0.3) is 0 Å². The number of piperidine rings is 1. The second kappa shape index (κ2) is 8.62. The van der Waals surface area contributed by atoms with Gasteiger partial charge in [0.25, 0.3) is 0 Å². The minimum atomic E-state index is -0.584. The molecule has 4 aliphatic carbocycles. The Balaban J connectivity index is 1.17. The van der Waals surface area contributed by atoms with E-state index < -0.39 is 11.7 Å². The number of alkyl carbamates (subject to hydrolysis) is 1. The van der Waals surface area contributed by atoms with Crippen molar-refractivity contribution in [3.8, 4) is 0 Å². The van der Waals surface area contributed by atoms with Gasteiger partial charge in [0.2, 0.25) is 11.8 Å². The van der Waals surface area contributed by atoms with Gasteiger partial charge in [-0.15, -0.1) is 0 Å². The molecule has 1 aliphatic heterocycles. The fourth-order valence-corrected chi connectivity index (χ4v) is 6.84. The summed E-state index contributed by atoms with van der Waals surface area (Å²) in [7, 11) is 0. The van der Waals surface area contributed by atoms with Gasteiger partial charge >= 0.3 is 6.09 Å². The van der Waals surface area contributed by atoms with Gasteiger partial charge in [-0.1, -0.05) is 0 Å². The van der Waals surface area contributed by atoms with Crippen molar-refractivity contribution in [2.45, 2.75) is 77.7 Å². The normalized spacial score (nSPS) is 32.6. The lowest BCUT2D eigenvalue weighted by Crippen LogP contribution is -2.56. The summed E-state index contributed by atoms with van der Waals surface area (Å²) in [6.45, 7) is 7.47. The lowest BCUT2D eigenvalue weighted by atomic mass is 9.49. The van der Waals surface area contributed by atoms with Crippen molar-refractivity contribution in [2.24, 2.45) is 29.1 Å². The number of hydrogen-bond acceptors (Lipinski definition) is 4. The number of ether oxygens (including phenoxy) is 1. The Bertz CT molecular complexity index is 671. The second-order valence-electron chi connectivity index (χ2n) is 11.6. The summed E-state index contributed by atoms with van der Waals surface area (Å²) >= 11 is 0. The Kier molecular flexibility index (Phi) is 6.23. The zero-order valence-corrected chi connectivity index (χ0v) is 19.4. The van der Waals surface area contributed by atoms with Crippen LogP contribution >= 0.6 is 0 Å².